The molecule has 0 radical (unpaired) electrons. The molecule has 7 nitrogen and oxygen atoms in total. The Morgan fingerprint density at radius 3 is 2.58 bits per heavy atom. The van der Waals surface area contributed by atoms with Crippen LogP contribution in [-0.4, -0.2) is 41.4 Å². The monoisotopic (exact) mass is 514 g/mol. The number of rotatable bonds is 6. The highest BCUT2D eigenvalue weighted by molar-refractivity contribution is 6.42. The molecule has 0 unspecified atom stereocenters. The van der Waals surface area contributed by atoms with Crippen molar-refractivity contribution in [2.24, 2.45) is 5.73 Å². The molecule has 0 bridgehead atoms. The molecule has 2 aromatic carbocycles. The van der Waals surface area contributed by atoms with Crippen LogP contribution in [0.25, 0.3) is 10.9 Å². The summed E-state index contributed by atoms with van der Waals surface area (Å²) < 4.78 is 32.4. The average molecular weight is 516 g/mol. The molecule has 1 aliphatic heterocycles. The molecule has 1 saturated carbocycles. The Hall–Kier alpha value is -2.10. The largest absolute Gasteiger partial charge is 0.486 e. The molecular formula is C22H22Cl3FN4O3. The second-order valence-corrected chi connectivity index (χ2v) is 8.75. The van der Waals surface area contributed by atoms with Gasteiger partial charge in [0.15, 0.2) is 17.3 Å². The summed E-state index contributed by atoms with van der Waals surface area (Å²) in [6.45, 7) is 1.19. The lowest BCUT2D eigenvalue weighted by Crippen LogP contribution is -2.43. The maximum absolute atomic E-state index is 14.6. The van der Waals surface area contributed by atoms with E-state index in [1.807, 2.05) is 6.07 Å². The van der Waals surface area contributed by atoms with Crippen LogP contribution in [0.4, 0.5) is 15.9 Å². The molecule has 3 aromatic rings. The molecule has 1 aromatic heterocycles. The Bertz CT molecular complexity index is 1160. The Morgan fingerprint density at radius 1 is 1.09 bits per heavy atom. The van der Waals surface area contributed by atoms with Crippen LogP contribution >= 0.6 is 35.6 Å². The number of nitrogens with two attached hydrogens (primary N) is 1. The van der Waals surface area contributed by atoms with Crippen LogP contribution in [0.3, 0.4) is 0 Å². The van der Waals surface area contributed by atoms with Crippen molar-refractivity contribution < 1.29 is 18.6 Å². The van der Waals surface area contributed by atoms with E-state index in [9.17, 15) is 4.39 Å². The highest BCUT2D eigenvalue weighted by Crippen LogP contribution is 2.39. The first kappa shape index (κ1) is 24.0. The maximum Gasteiger partial charge on any atom is 0.166 e. The Morgan fingerprint density at radius 2 is 1.85 bits per heavy atom. The van der Waals surface area contributed by atoms with Crippen molar-refractivity contribution in [3.05, 3.63) is 46.5 Å². The number of fused-ring (bicyclic) bond motifs is 1. The van der Waals surface area contributed by atoms with E-state index in [0.717, 1.165) is 19.3 Å². The van der Waals surface area contributed by atoms with Gasteiger partial charge in [-0.05, 0) is 31.0 Å². The zero-order chi connectivity index (χ0) is 22.2. The third-order valence-corrected chi connectivity index (χ3v) is 6.38. The first-order valence-electron chi connectivity index (χ1n) is 10.3. The van der Waals surface area contributed by atoms with Gasteiger partial charge in [-0.3, -0.25) is 0 Å². The van der Waals surface area contributed by atoms with Crippen molar-refractivity contribution in [3.8, 4) is 11.5 Å². The quantitative estimate of drug-likeness (QED) is 0.432. The number of nitrogens with one attached hydrogen (secondary N) is 1. The average Bonchev–Trinajstić information content (AvgIpc) is 3.27. The molecular weight excluding hydrogens is 494 g/mol. The fraction of sp³-hybridized carbons (Fsp3) is 0.364. The molecule has 3 N–H and O–H groups in total. The number of ether oxygens (including phenoxy) is 3. The van der Waals surface area contributed by atoms with E-state index in [4.69, 9.17) is 43.1 Å². The van der Waals surface area contributed by atoms with Gasteiger partial charge in [0.1, 0.15) is 24.4 Å². The van der Waals surface area contributed by atoms with Crippen molar-refractivity contribution in [1.29, 1.82) is 0 Å². The van der Waals surface area contributed by atoms with E-state index in [1.54, 1.807) is 6.07 Å². The summed E-state index contributed by atoms with van der Waals surface area (Å²) in [6.07, 6.45) is 3.71. The summed E-state index contributed by atoms with van der Waals surface area (Å²) in [5, 5.41) is 3.61. The second-order valence-electron chi connectivity index (χ2n) is 7.96. The van der Waals surface area contributed by atoms with Crippen LogP contribution in [0, 0.1) is 5.82 Å². The number of benzene rings is 2. The molecule has 1 atom stereocenters. The van der Waals surface area contributed by atoms with Crippen molar-refractivity contribution in [2.45, 2.75) is 37.5 Å². The summed E-state index contributed by atoms with van der Waals surface area (Å²) in [7, 11) is 0. The fourth-order valence-electron chi connectivity index (χ4n) is 3.77. The first-order valence-corrected chi connectivity index (χ1v) is 11.1. The molecule has 1 saturated heterocycles. The summed E-state index contributed by atoms with van der Waals surface area (Å²) in [5.41, 5.74) is 6.69. The van der Waals surface area contributed by atoms with E-state index in [1.165, 1.54) is 18.5 Å². The summed E-state index contributed by atoms with van der Waals surface area (Å²) in [6, 6.07) is 6.78. The number of hydrogen-bond acceptors (Lipinski definition) is 7. The van der Waals surface area contributed by atoms with E-state index in [-0.39, 0.29) is 46.4 Å². The van der Waals surface area contributed by atoms with Crippen molar-refractivity contribution in [3.63, 3.8) is 0 Å². The Balaban J connectivity index is 0.00000259. The molecule has 5 rings (SSSR count). The SMILES string of the molecule is Cl.NC1CC(Oc2cc3c(Nc4ccc(Cl)c(Cl)c4F)ncnc3cc2O[C@H]2CCOC2)C1. The van der Waals surface area contributed by atoms with Gasteiger partial charge in [0, 0.05) is 23.9 Å². The summed E-state index contributed by atoms with van der Waals surface area (Å²) in [5.74, 6) is 0.887. The Kier molecular flexibility index (Phi) is 7.31. The molecule has 2 aliphatic rings. The summed E-state index contributed by atoms with van der Waals surface area (Å²) in [4.78, 5) is 8.65. The third kappa shape index (κ3) is 5.05. The van der Waals surface area contributed by atoms with Gasteiger partial charge < -0.3 is 25.3 Å². The standard InChI is InChI=1S/C22H21Cl2FN4O3.ClH/c23-15-1-2-16(21(25)20(15)24)29-22-14-7-18(32-13-5-11(26)6-13)19(8-17(14)27-10-28-22)31-12-3-4-30-9-12;/h1-2,7-8,10-13H,3-6,9,26H2,(H,27,28,29);1H/t11?,12-,13?;/m0./s1. The third-order valence-electron chi connectivity index (χ3n) is 5.60. The second kappa shape index (κ2) is 10.0. The minimum atomic E-state index is -0.660. The lowest BCUT2D eigenvalue weighted by Gasteiger charge is -2.33. The smallest absolute Gasteiger partial charge is 0.166 e. The molecule has 33 heavy (non-hydrogen) atoms. The van der Waals surface area contributed by atoms with Crippen molar-refractivity contribution >= 4 is 58.0 Å². The zero-order valence-corrected chi connectivity index (χ0v) is 19.7. The lowest BCUT2D eigenvalue weighted by atomic mass is 9.90. The van der Waals surface area contributed by atoms with Gasteiger partial charge in [0.25, 0.3) is 0 Å². The van der Waals surface area contributed by atoms with Gasteiger partial charge in [0.05, 0.1) is 34.5 Å². The van der Waals surface area contributed by atoms with Crippen molar-refractivity contribution in [1.82, 2.24) is 9.97 Å². The maximum atomic E-state index is 14.6. The van der Waals surface area contributed by atoms with Crippen LogP contribution in [0.5, 0.6) is 11.5 Å². The molecule has 0 spiro atoms. The lowest BCUT2D eigenvalue weighted by molar-refractivity contribution is 0.0901. The van der Waals surface area contributed by atoms with Crippen LogP contribution in [0.2, 0.25) is 10.0 Å². The Labute approximate surface area is 206 Å². The summed E-state index contributed by atoms with van der Waals surface area (Å²) >= 11 is 11.8. The predicted molar refractivity (Wildman–Crippen MR) is 128 cm³/mol. The van der Waals surface area contributed by atoms with E-state index >= 15 is 0 Å². The number of nitrogens with zero attached hydrogens (tertiary/aromatic N) is 2. The van der Waals surface area contributed by atoms with Crippen LogP contribution in [0.1, 0.15) is 19.3 Å². The van der Waals surface area contributed by atoms with Crippen LogP contribution < -0.4 is 20.5 Å². The fourth-order valence-corrected chi connectivity index (χ4v) is 4.08. The van der Waals surface area contributed by atoms with E-state index < -0.39 is 5.82 Å². The molecule has 176 valence electrons. The van der Waals surface area contributed by atoms with Crippen molar-refractivity contribution in [2.75, 3.05) is 18.5 Å². The first-order chi connectivity index (χ1) is 15.5. The van der Waals surface area contributed by atoms with Gasteiger partial charge in [-0.1, -0.05) is 23.2 Å². The molecule has 2 heterocycles. The molecule has 1 aliphatic carbocycles. The van der Waals surface area contributed by atoms with E-state index in [0.29, 0.717) is 41.4 Å². The van der Waals surface area contributed by atoms with Gasteiger partial charge in [-0.25, -0.2) is 14.4 Å². The van der Waals surface area contributed by atoms with E-state index in [2.05, 4.69) is 15.3 Å². The van der Waals surface area contributed by atoms with Crippen LogP contribution in [0.15, 0.2) is 30.6 Å². The number of hydrogen-bond donors (Lipinski definition) is 2. The highest BCUT2D eigenvalue weighted by atomic mass is 35.5. The van der Waals surface area contributed by atoms with Gasteiger partial charge in [-0.2, -0.15) is 0 Å². The number of halogens is 4. The normalized spacial score (nSPS) is 21.9. The minimum absolute atomic E-state index is 0. The molecule has 11 heteroatoms. The van der Waals surface area contributed by atoms with Gasteiger partial charge >= 0.3 is 0 Å². The predicted octanol–water partition coefficient (Wildman–Crippen LogP) is 5.28. The topological polar surface area (TPSA) is 91.5 Å². The van der Waals surface area contributed by atoms with Gasteiger partial charge in [0.2, 0.25) is 0 Å². The molecule has 2 fully saturated rings. The number of aromatic nitrogens is 2. The minimum Gasteiger partial charge on any atom is -0.486 e. The zero-order valence-electron chi connectivity index (χ0n) is 17.4. The van der Waals surface area contributed by atoms with Crippen LogP contribution in [-0.2, 0) is 4.74 Å². The van der Waals surface area contributed by atoms with Gasteiger partial charge in [-0.15, -0.1) is 12.4 Å². The number of anilines is 2. The molecule has 0 amide bonds. The highest BCUT2D eigenvalue weighted by Gasteiger charge is 2.29.